The third-order valence-corrected chi connectivity index (χ3v) is 4.25. The number of aryl methyl sites for hydroxylation is 1. The maximum atomic E-state index is 14.2. The zero-order chi connectivity index (χ0) is 14.5. The van der Waals surface area contributed by atoms with E-state index < -0.39 is 0 Å². The molecule has 1 atom stereocenters. The Morgan fingerprint density at radius 3 is 2.45 bits per heavy atom. The normalized spacial score (nSPS) is 12.2. The summed E-state index contributed by atoms with van der Waals surface area (Å²) in [6.45, 7) is 2.06. The van der Waals surface area contributed by atoms with Crippen molar-refractivity contribution in [1.82, 2.24) is 0 Å². The van der Waals surface area contributed by atoms with Gasteiger partial charge in [0, 0.05) is 5.33 Å². The van der Waals surface area contributed by atoms with Crippen LogP contribution in [-0.4, -0.2) is 12.4 Å². The third kappa shape index (κ3) is 3.40. The van der Waals surface area contributed by atoms with Gasteiger partial charge in [-0.15, -0.1) is 0 Å². The van der Waals surface area contributed by atoms with E-state index in [4.69, 9.17) is 4.74 Å². The standard InChI is InChI=1S/C17H18BrFO/c1-12-6-8-13(9-7-12)15(11-18)10-14-4-3-5-16(20-2)17(14)19/h3-9,15H,10-11H2,1-2H3. The fourth-order valence-corrected chi connectivity index (χ4v) is 2.84. The highest BCUT2D eigenvalue weighted by Gasteiger charge is 2.15. The summed E-state index contributed by atoms with van der Waals surface area (Å²) in [5, 5.41) is 0.798. The van der Waals surface area contributed by atoms with Crippen LogP contribution >= 0.6 is 15.9 Å². The van der Waals surface area contributed by atoms with Crippen molar-refractivity contribution < 1.29 is 9.13 Å². The maximum Gasteiger partial charge on any atom is 0.168 e. The first kappa shape index (κ1) is 15.0. The highest BCUT2D eigenvalue weighted by atomic mass is 79.9. The van der Waals surface area contributed by atoms with Gasteiger partial charge in [-0.05, 0) is 36.5 Å². The molecule has 20 heavy (non-hydrogen) atoms. The SMILES string of the molecule is COc1cccc(CC(CBr)c2ccc(C)cc2)c1F. The first-order chi connectivity index (χ1) is 9.65. The molecule has 0 amide bonds. The molecule has 3 heteroatoms. The number of alkyl halides is 1. The van der Waals surface area contributed by atoms with Gasteiger partial charge in [0.15, 0.2) is 11.6 Å². The van der Waals surface area contributed by atoms with E-state index in [1.54, 1.807) is 6.07 Å². The number of hydrogen-bond donors (Lipinski definition) is 0. The highest BCUT2D eigenvalue weighted by Crippen LogP contribution is 2.27. The van der Waals surface area contributed by atoms with Gasteiger partial charge >= 0.3 is 0 Å². The summed E-state index contributed by atoms with van der Waals surface area (Å²) in [5.74, 6) is 0.296. The lowest BCUT2D eigenvalue weighted by molar-refractivity contribution is 0.383. The average Bonchev–Trinajstić information content (AvgIpc) is 2.47. The van der Waals surface area contributed by atoms with Crippen LogP contribution in [0.5, 0.6) is 5.75 Å². The molecule has 106 valence electrons. The highest BCUT2D eigenvalue weighted by molar-refractivity contribution is 9.09. The summed E-state index contributed by atoms with van der Waals surface area (Å²) in [7, 11) is 1.49. The van der Waals surface area contributed by atoms with E-state index in [2.05, 4.69) is 47.1 Å². The molecule has 0 bridgehead atoms. The van der Waals surface area contributed by atoms with E-state index in [0.29, 0.717) is 17.7 Å². The first-order valence-corrected chi connectivity index (χ1v) is 7.71. The minimum Gasteiger partial charge on any atom is -0.494 e. The Labute approximate surface area is 127 Å². The molecule has 0 aromatic heterocycles. The molecule has 2 aromatic rings. The lowest BCUT2D eigenvalue weighted by Gasteiger charge is -2.16. The van der Waals surface area contributed by atoms with Gasteiger partial charge in [0.05, 0.1) is 7.11 Å². The van der Waals surface area contributed by atoms with Crippen LogP contribution in [0.3, 0.4) is 0 Å². The summed E-state index contributed by atoms with van der Waals surface area (Å²) in [6.07, 6.45) is 0.650. The van der Waals surface area contributed by atoms with Crippen molar-refractivity contribution in [3.05, 3.63) is 65.0 Å². The van der Waals surface area contributed by atoms with Crippen LogP contribution in [0.4, 0.5) is 4.39 Å². The topological polar surface area (TPSA) is 9.23 Å². The van der Waals surface area contributed by atoms with Crippen molar-refractivity contribution in [2.24, 2.45) is 0 Å². The monoisotopic (exact) mass is 336 g/mol. The summed E-state index contributed by atoms with van der Waals surface area (Å²) >= 11 is 3.54. The van der Waals surface area contributed by atoms with Crippen LogP contribution in [0.15, 0.2) is 42.5 Å². The van der Waals surface area contributed by atoms with Gasteiger partial charge in [-0.2, -0.15) is 0 Å². The Hall–Kier alpha value is -1.35. The molecule has 1 unspecified atom stereocenters. The predicted molar refractivity (Wildman–Crippen MR) is 84.4 cm³/mol. The van der Waals surface area contributed by atoms with E-state index in [-0.39, 0.29) is 11.7 Å². The molecule has 0 fully saturated rings. The van der Waals surface area contributed by atoms with Crippen LogP contribution in [0, 0.1) is 12.7 Å². The van der Waals surface area contributed by atoms with Gasteiger partial charge in [0.1, 0.15) is 0 Å². The smallest absolute Gasteiger partial charge is 0.168 e. The minimum absolute atomic E-state index is 0.247. The van der Waals surface area contributed by atoms with Crippen LogP contribution in [0.25, 0.3) is 0 Å². The Bertz CT molecular complexity index is 566. The van der Waals surface area contributed by atoms with Crippen molar-refractivity contribution in [3.63, 3.8) is 0 Å². The van der Waals surface area contributed by atoms with Gasteiger partial charge in [0.2, 0.25) is 0 Å². The largest absolute Gasteiger partial charge is 0.494 e. The van der Waals surface area contributed by atoms with Crippen LogP contribution in [0.1, 0.15) is 22.6 Å². The number of methoxy groups -OCH3 is 1. The van der Waals surface area contributed by atoms with Crippen molar-refractivity contribution >= 4 is 15.9 Å². The molecule has 0 aliphatic heterocycles. The van der Waals surface area contributed by atoms with E-state index in [1.165, 1.54) is 18.2 Å². The number of halogens is 2. The molecule has 2 aromatic carbocycles. The molecule has 0 radical (unpaired) electrons. The fourth-order valence-electron chi connectivity index (χ4n) is 2.24. The van der Waals surface area contributed by atoms with Crippen molar-refractivity contribution in [2.45, 2.75) is 19.3 Å². The molecule has 0 N–H and O–H groups in total. The van der Waals surface area contributed by atoms with Gasteiger partial charge in [-0.3, -0.25) is 0 Å². The molecule has 2 rings (SSSR count). The Kier molecular flexibility index (Phi) is 5.18. The van der Waals surface area contributed by atoms with Gasteiger partial charge in [-0.25, -0.2) is 4.39 Å². The molecule has 0 heterocycles. The summed E-state index contributed by atoms with van der Waals surface area (Å²) in [5.41, 5.74) is 3.14. The second-order valence-corrected chi connectivity index (χ2v) is 5.55. The van der Waals surface area contributed by atoms with E-state index in [9.17, 15) is 4.39 Å². The van der Waals surface area contributed by atoms with E-state index in [0.717, 1.165) is 5.33 Å². The molecule has 0 spiro atoms. The molecule has 0 aliphatic rings. The quantitative estimate of drug-likeness (QED) is 0.708. The van der Waals surface area contributed by atoms with E-state index in [1.807, 2.05) is 12.1 Å². The lowest BCUT2D eigenvalue weighted by Crippen LogP contribution is -2.06. The molecule has 0 saturated carbocycles. The Balaban J connectivity index is 2.24. The average molecular weight is 337 g/mol. The molecule has 0 saturated heterocycles. The number of hydrogen-bond acceptors (Lipinski definition) is 1. The fraction of sp³-hybridized carbons (Fsp3) is 0.294. The lowest BCUT2D eigenvalue weighted by atomic mass is 9.93. The summed E-state index contributed by atoms with van der Waals surface area (Å²) in [4.78, 5) is 0. The molecular weight excluding hydrogens is 319 g/mol. The van der Waals surface area contributed by atoms with Gasteiger partial charge in [-0.1, -0.05) is 57.9 Å². The van der Waals surface area contributed by atoms with E-state index >= 15 is 0 Å². The zero-order valence-electron chi connectivity index (χ0n) is 11.7. The zero-order valence-corrected chi connectivity index (χ0v) is 13.3. The van der Waals surface area contributed by atoms with Gasteiger partial charge in [0.25, 0.3) is 0 Å². The minimum atomic E-state index is -0.256. The Morgan fingerprint density at radius 2 is 1.85 bits per heavy atom. The second kappa shape index (κ2) is 6.89. The van der Waals surface area contributed by atoms with Crippen molar-refractivity contribution in [2.75, 3.05) is 12.4 Å². The third-order valence-electron chi connectivity index (χ3n) is 3.46. The second-order valence-electron chi connectivity index (χ2n) is 4.90. The van der Waals surface area contributed by atoms with Crippen molar-refractivity contribution in [1.29, 1.82) is 0 Å². The maximum absolute atomic E-state index is 14.2. The number of ether oxygens (including phenoxy) is 1. The molecule has 0 aliphatic carbocycles. The molecular formula is C17H18BrFO. The van der Waals surface area contributed by atoms with Crippen LogP contribution in [0.2, 0.25) is 0 Å². The van der Waals surface area contributed by atoms with Crippen molar-refractivity contribution in [3.8, 4) is 5.75 Å². The Morgan fingerprint density at radius 1 is 1.15 bits per heavy atom. The predicted octanol–water partition coefficient (Wildman–Crippen LogP) is 4.86. The van der Waals surface area contributed by atoms with Gasteiger partial charge < -0.3 is 4.74 Å². The summed E-state index contributed by atoms with van der Waals surface area (Å²) < 4.78 is 19.2. The number of rotatable bonds is 5. The summed E-state index contributed by atoms with van der Waals surface area (Å²) in [6, 6.07) is 13.7. The first-order valence-electron chi connectivity index (χ1n) is 6.59. The van der Waals surface area contributed by atoms with Crippen LogP contribution < -0.4 is 4.74 Å². The van der Waals surface area contributed by atoms with Crippen LogP contribution in [-0.2, 0) is 6.42 Å². The molecule has 1 nitrogen and oxygen atoms in total. The number of benzene rings is 2.